The number of hydrogen-bond acceptors (Lipinski definition) is 5. The van der Waals surface area contributed by atoms with Crippen LogP contribution in [0.4, 0.5) is 18.9 Å². The summed E-state index contributed by atoms with van der Waals surface area (Å²) in [7, 11) is -3.00. The van der Waals surface area contributed by atoms with Crippen LogP contribution < -0.4 is 18.5 Å². The predicted molar refractivity (Wildman–Crippen MR) is 115 cm³/mol. The monoisotopic (exact) mass is 475 g/mol. The average molecular weight is 475 g/mol. The van der Waals surface area contributed by atoms with Crippen LogP contribution in [0.15, 0.2) is 65.6 Å². The van der Waals surface area contributed by atoms with Crippen molar-refractivity contribution >= 4 is 27.5 Å². The van der Waals surface area contributed by atoms with Crippen LogP contribution in [0.1, 0.15) is 16.7 Å². The van der Waals surface area contributed by atoms with Crippen LogP contribution in [0, 0.1) is 0 Å². The summed E-state index contributed by atoms with van der Waals surface area (Å²) in [5.74, 6) is 0.898. The summed E-state index contributed by atoms with van der Waals surface area (Å²) in [4.78, 5) is -0.0987. The molecular weight excluding hydrogens is 459 g/mol. The first-order chi connectivity index (χ1) is 15.7. The van der Waals surface area contributed by atoms with E-state index in [0.717, 1.165) is 16.4 Å². The van der Waals surface area contributed by atoms with E-state index in [-0.39, 0.29) is 28.7 Å². The maximum absolute atomic E-state index is 13.9. The Morgan fingerprint density at radius 3 is 2.48 bits per heavy atom. The van der Waals surface area contributed by atoms with E-state index in [4.69, 9.17) is 14.2 Å². The Morgan fingerprint density at radius 2 is 1.73 bits per heavy atom. The molecule has 0 unspecified atom stereocenters. The van der Waals surface area contributed by atoms with E-state index in [1.807, 2.05) is 0 Å². The first kappa shape index (κ1) is 21.2. The quantitative estimate of drug-likeness (QED) is 0.524. The lowest BCUT2D eigenvalue weighted by molar-refractivity contribution is -0.137. The maximum atomic E-state index is 13.9. The largest absolute Gasteiger partial charge is 0.493 e. The SMILES string of the molecule is COc1cc(C2=Cc3ccccc3S(=O)(=O)N2c2ccccc2C(F)(F)F)cc2c1OCO2. The summed E-state index contributed by atoms with van der Waals surface area (Å²) in [5.41, 5.74) is -0.938. The third-order valence-electron chi connectivity index (χ3n) is 5.33. The number of hydrogen-bond donors (Lipinski definition) is 0. The van der Waals surface area contributed by atoms with Crippen molar-refractivity contribution in [1.82, 2.24) is 0 Å². The van der Waals surface area contributed by atoms with Crippen LogP contribution in [0.2, 0.25) is 0 Å². The number of fused-ring (bicyclic) bond motifs is 2. The van der Waals surface area contributed by atoms with Gasteiger partial charge in [0.15, 0.2) is 11.5 Å². The van der Waals surface area contributed by atoms with Gasteiger partial charge in [-0.3, -0.25) is 0 Å². The smallest absolute Gasteiger partial charge is 0.418 e. The molecule has 0 amide bonds. The van der Waals surface area contributed by atoms with Gasteiger partial charge in [0.25, 0.3) is 10.0 Å². The zero-order valence-corrected chi connectivity index (χ0v) is 17.9. The number of methoxy groups -OCH3 is 1. The fourth-order valence-corrected chi connectivity index (χ4v) is 5.60. The van der Waals surface area contributed by atoms with Gasteiger partial charge >= 0.3 is 6.18 Å². The van der Waals surface area contributed by atoms with Crippen molar-refractivity contribution in [2.75, 3.05) is 18.2 Å². The van der Waals surface area contributed by atoms with Crippen LogP contribution in [0.3, 0.4) is 0 Å². The van der Waals surface area contributed by atoms with Crippen LogP contribution in [0.5, 0.6) is 17.2 Å². The molecule has 170 valence electrons. The zero-order chi connectivity index (χ0) is 23.4. The Hall–Kier alpha value is -3.66. The minimum Gasteiger partial charge on any atom is -0.493 e. The van der Waals surface area contributed by atoms with E-state index in [1.54, 1.807) is 12.1 Å². The number of halogens is 3. The summed E-state index contributed by atoms with van der Waals surface area (Å²) in [6.45, 7) is -0.0596. The molecular formula is C23H16F3NO5S. The van der Waals surface area contributed by atoms with Crippen molar-refractivity contribution in [2.24, 2.45) is 0 Å². The van der Waals surface area contributed by atoms with Crippen molar-refractivity contribution in [3.8, 4) is 17.2 Å². The van der Waals surface area contributed by atoms with Gasteiger partial charge in [-0.15, -0.1) is 0 Å². The fraction of sp³-hybridized carbons (Fsp3) is 0.130. The van der Waals surface area contributed by atoms with E-state index >= 15 is 0 Å². The molecule has 3 aromatic carbocycles. The van der Waals surface area contributed by atoms with Crippen molar-refractivity contribution in [1.29, 1.82) is 0 Å². The van der Waals surface area contributed by atoms with Gasteiger partial charge in [0.05, 0.1) is 29.0 Å². The minimum atomic E-state index is -4.78. The van der Waals surface area contributed by atoms with Gasteiger partial charge < -0.3 is 14.2 Å². The topological polar surface area (TPSA) is 65.1 Å². The molecule has 3 aromatic rings. The molecule has 0 N–H and O–H groups in total. The molecule has 5 rings (SSSR count). The third-order valence-corrected chi connectivity index (χ3v) is 7.13. The number of para-hydroxylation sites is 1. The highest BCUT2D eigenvalue weighted by Gasteiger charge is 2.41. The highest BCUT2D eigenvalue weighted by Crippen LogP contribution is 2.48. The van der Waals surface area contributed by atoms with Crippen LogP contribution in [0.25, 0.3) is 11.8 Å². The summed E-state index contributed by atoms with van der Waals surface area (Å²) in [6, 6.07) is 13.7. The molecule has 2 aliphatic heterocycles. The molecule has 0 saturated carbocycles. The molecule has 10 heteroatoms. The second kappa shape index (κ2) is 7.45. The number of rotatable bonds is 3. The van der Waals surface area contributed by atoms with Crippen molar-refractivity contribution in [3.63, 3.8) is 0 Å². The van der Waals surface area contributed by atoms with Crippen LogP contribution in [-0.4, -0.2) is 22.3 Å². The van der Waals surface area contributed by atoms with E-state index in [2.05, 4.69) is 0 Å². The van der Waals surface area contributed by atoms with Crippen molar-refractivity contribution in [2.45, 2.75) is 11.1 Å². The van der Waals surface area contributed by atoms with E-state index in [9.17, 15) is 21.6 Å². The standard InChI is InChI=1S/C23H16F3NO5S/c1-30-19-11-15(12-20-22(19)32-13-31-20)18-10-14-6-2-5-9-21(14)33(28,29)27(18)17-8-4-3-7-16(17)23(24,25)26/h2-12H,13H2,1H3. The van der Waals surface area contributed by atoms with Gasteiger partial charge in [-0.05, 0) is 42.0 Å². The van der Waals surface area contributed by atoms with Gasteiger partial charge in [0, 0.05) is 5.56 Å². The molecule has 6 nitrogen and oxygen atoms in total. The van der Waals surface area contributed by atoms with E-state index < -0.39 is 27.5 Å². The Balaban J connectivity index is 1.82. The molecule has 0 aliphatic carbocycles. The Morgan fingerprint density at radius 1 is 1.00 bits per heavy atom. The predicted octanol–water partition coefficient (Wildman–Crippen LogP) is 5.15. The molecule has 0 saturated heterocycles. The minimum absolute atomic E-state index is 0.0157. The van der Waals surface area contributed by atoms with Gasteiger partial charge in [0.2, 0.25) is 12.5 Å². The normalized spacial score (nSPS) is 16.2. The number of nitrogens with zero attached hydrogens (tertiary/aromatic N) is 1. The summed E-state index contributed by atoms with van der Waals surface area (Å²) < 4.78 is 85.9. The Bertz CT molecular complexity index is 1400. The van der Waals surface area contributed by atoms with Gasteiger partial charge in [0.1, 0.15) is 0 Å². The molecule has 0 aromatic heterocycles. The first-order valence-corrected chi connectivity index (χ1v) is 11.2. The highest BCUT2D eigenvalue weighted by atomic mass is 32.2. The van der Waals surface area contributed by atoms with Crippen LogP contribution >= 0.6 is 0 Å². The van der Waals surface area contributed by atoms with Gasteiger partial charge in [-0.2, -0.15) is 13.2 Å². The second-order valence-electron chi connectivity index (χ2n) is 7.26. The number of sulfonamides is 1. The molecule has 0 fully saturated rings. The Kier molecular flexibility index (Phi) is 4.78. The highest BCUT2D eigenvalue weighted by molar-refractivity contribution is 7.93. The van der Waals surface area contributed by atoms with E-state index in [0.29, 0.717) is 17.1 Å². The molecule has 2 heterocycles. The Labute approximate surface area is 187 Å². The molecule has 0 radical (unpaired) electrons. The average Bonchev–Trinajstić information content (AvgIpc) is 3.26. The molecule has 0 atom stereocenters. The number of benzene rings is 3. The third kappa shape index (κ3) is 3.37. The van der Waals surface area contributed by atoms with Gasteiger partial charge in [-0.1, -0.05) is 30.3 Å². The number of anilines is 1. The lowest BCUT2D eigenvalue weighted by atomic mass is 10.0. The van der Waals surface area contributed by atoms with Gasteiger partial charge in [-0.25, -0.2) is 12.7 Å². The lowest BCUT2D eigenvalue weighted by Crippen LogP contribution is -2.34. The number of ether oxygens (including phenoxy) is 3. The lowest BCUT2D eigenvalue weighted by Gasteiger charge is -2.33. The molecule has 33 heavy (non-hydrogen) atoms. The van der Waals surface area contributed by atoms with Crippen molar-refractivity contribution in [3.05, 3.63) is 77.4 Å². The number of alkyl halides is 3. The fourth-order valence-electron chi connectivity index (χ4n) is 3.90. The summed E-state index contributed by atoms with van der Waals surface area (Å²) in [5, 5.41) is 0. The summed E-state index contributed by atoms with van der Waals surface area (Å²) in [6.07, 6.45) is -3.25. The zero-order valence-electron chi connectivity index (χ0n) is 17.1. The molecule has 0 bridgehead atoms. The second-order valence-corrected chi connectivity index (χ2v) is 9.02. The summed E-state index contributed by atoms with van der Waals surface area (Å²) >= 11 is 0. The molecule has 2 aliphatic rings. The maximum Gasteiger partial charge on any atom is 0.418 e. The van der Waals surface area contributed by atoms with Crippen LogP contribution in [-0.2, 0) is 16.2 Å². The van der Waals surface area contributed by atoms with E-state index in [1.165, 1.54) is 49.6 Å². The first-order valence-electron chi connectivity index (χ1n) is 9.72. The van der Waals surface area contributed by atoms with Crippen molar-refractivity contribution < 1.29 is 35.8 Å². The molecule has 0 spiro atoms.